The van der Waals surface area contributed by atoms with Crippen LogP contribution in [0.1, 0.15) is 18.7 Å². The van der Waals surface area contributed by atoms with E-state index in [1.54, 1.807) is 26.0 Å². The summed E-state index contributed by atoms with van der Waals surface area (Å²) >= 11 is 1.39. The summed E-state index contributed by atoms with van der Waals surface area (Å²) in [6.45, 7) is 3.24. The van der Waals surface area contributed by atoms with Gasteiger partial charge in [0.05, 0.1) is 5.41 Å². The minimum absolute atomic E-state index is 0.769. The van der Waals surface area contributed by atoms with E-state index >= 15 is 0 Å². The van der Waals surface area contributed by atoms with Crippen molar-refractivity contribution < 1.29 is 14.7 Å². The third-order valence-corrected chi connectivity index (χ3v) is 3.09. The maximum atomic E-state index is 11.3. The molecule has 0 aliphatic rings. The van der Waals surface area contributed by atoms with Gasteiger partial charge in [-0.15, -0.1) is 11.3 Å². The second kappa shape index (κ2) is 3.30. The van der Waals surface area contributed by atoms with Crippen molar-refractivity contribution in [2.45, 2.75) is 19.3 Å². The average molecular weight is 198 g/mol. The van der Waals surface area contributed by atoms with E-state index in [4.69, 9.17) is 5.11 Å². The molecule has 0 aliphatic heterocycles. The molecule has 0 fully saturated rings. The Morgan fingerprint density at radius 1 is 1.46 bits per heavy atom. The van der Waals surface area contributed by atoms with Crippen molar-refractivity contribution in [2.75, 3.05) is 0 Å². The lowest BCUT2D eigenvalue weighted by Crippen LogP contribution is -2.34. The summed E-state index contributed by atoms with van der Waals surface area (Å²) in [5, 5.41) is 10.4. The number of Topliss-reactive ketones (excluding diaryl/α,β-unsaturated/α-hetero) is 1. The molecule has 0 atom stereocenters. The van der Waals surface area contributed by atoms with Crippen LogP contribution in [0.3, 0.4) is 0 Å². The molecule has 0 unspecified atom stereocenters. The highest BCUT2D eigenvalue weighted by molar-refractivity contribution is 7.10. The number of carbonyl (C=O) groups excluding carboxylic acids is 1. The van der Waals surface area contributed by atoms with E-state index < -0.39 is 17.2 Å². The molecule has 0 aromatic carbocycles. The summed E-state index contributed by atoms with van der Waals surface area (Å²) in [5.74, 6) is -2.15. The number of rotatable bonds is 3. The van der Waals surface area contributed by atoms with E-state index in [1.807, 2.05) is 5.38 Å². The number of carboxylic acids is 1. The lowest BCUT2D eigenvalue weighted by molar-refractivity contribution is -0.151. The molecular formula is C9H10O3S. The third-order valence-electron chi connectivity index (χ3n) is 1.90. The zero-order valence-electron chi connectivity index (χ0n) is 7.40. The summed E-state index contributed by atoms with van der Waals surface area (Å²) in [6, 6.07) is 3.57. The van der Waals surface area contributed by atoms with Crippen molar-refractivity contribution >= 4 is 23.1 Å². The van der Waals surface area contributed by atoms with E-state index in [9.17, 15) is 9.59 Å². The zero-order valence-corrected chi connectivity index (χ0v) is 8.22. The van der Waals surface area contributed by atoms with Crippen LogP contribution in [0.2, 0.25) is 0 Å². The van der Waals surface area contributed by atoms with Crippen molar-refractivity contribution in [3.8, 4) is 0 Å². The number of aliphatic carboxylic acids is 1. The monoisotopic (exact) mass is 198 g/mol. The first-order valence-corrected chi connectivity index (χ1v) is 4.66. The lowest BCUT2D eigenvalue weighted by atomic mass is 9.86. The molecule has 0 radical (unpaired) electrons. The molecule has 0 saturated heterocycles. The second-order valence-electron chi connectivity index (χ2n) is 3.24. The van der Waals surface area contributed by atoms with Crippen LogP contribution >= 0.6 is 11.3 Å². The van der Waals surface area contributed by atoms with Crippen LogP contribution in [0.25, 0.3) is 0 Å². The molecule has 0 saturated carbocycles. The molecule has 3 nitrogen and oxygen atoms in total. The lowest BCUT2D eigenvalue weighted by Gasteiger charge is -2.18. The predicted molar refractivity (Wildman–Crippen MR) is 50.0 cm³/mol. The third kappa shape index (κ3) is 1.78. The van der Waals surface area contributed by atoms with Crippen LogP contribution in [0, 0.1) is 0 Å². The quantitative estimate of drug-likeness (QED) is 0.752. The average Bonchev–Trinajstić information content (AvgIpc) is 2.54. The van der Waals surface area contributed by atoms with E-state index in [0.717, 1.165) is 4.88 Å². The Kier molecular flexibility index (Phi) is 2.52. The largest absolute Gasteiger partial charge is 0.475 e. The van der Waals surface area contributed by atoms with E-state index in [1.165, 1.54) is 11.3 Å². The van der Waals surface area contributed by atoms with Gasteiger partial charge in [-0.25, -0.2) is 4.79 Å². The Labute approximate surface area is 80.0 Å². The molecule has 13 heavy (non-hydrogen) atoms. The van der Waals surface area contributed by atoms with Gasteiger partial charge in [-0.05, 0) is 25.3 Å². The van der Waals surface area contributed by atoms with Gasteiger partial charge in [0.15, 0.2) is 0 Å². The van der Waals surface area contributed by atoms with Gasteiger partial charge in [-0.1, -0.05) is 6.07 Å². The fraction of sp³-hybridized carbons (Fsp3) is 0.333. The Morgan fingerprint density at radius 3 is 2.46 bits per heavy atom. The highest BCUT2D eigenvalue weighted by Gasteiger charge is 2.35. The topological polar surface area (TPSA) is 54.4 Å². The minimum Gasteiger partial charge on any atom is -0.475 e. The number of hydrogen-bond acceptors (Lipinski definition) is 3. The Hall–Kier alpha value is -1.16. The highest BCUT2D eigenvalue weighted by atomic mass is 32.1. The van der Waals surface area contributed by atoms with Crippen molar-refractivity contribution in [3.05, 3.63) is 22.4 Å². The van der Waals surface area contributed by atoms with E-state index in [2.05, 4.69) is 0 Å². The Morgan fingerprint density at radius 2 is 2.08 bits per heavy atom. The molecule has 1 heterocycles. The predicted octanol–water partition coefficient (Wildman–Crippen LogP) is 1.68. The molecule has 0 aliphatic carbocycles. The summed E-state index contributed by atoms with van der Waals surface area (Å²) in [7, 11) is 0. The molecule has 1 rings (SSSR count). The molecule has 1 aromatic rings. The fourth-order valence-electron chi connectivity index (χ4n) is 1.01. The number of carbonyl (C=O) groups is 2. The van der Waals surface area contributed by atoms with Gasteiger partial charge in [0.1, 0.15) is 0 Å². The molecule has 4 heteroatoms. The molecule has 0 bridgehead atoms. The van der Waals surface area contributed by atoms with Crippen molar-refractivity contribution in [3.63, 3.8) is 0 Å². The van der Waals surface area contributed by atoms with E-state index in [-0.39, 0.29) is 0 Å². The second-order valence-corrected chi connectivity index (χ2v) is 4.18. The number of thiophene rings is 1. The summed E-state index contributed by atoms with van der Waals surface area (Å²) in [6.07, 6.45) is 0. The SMILES string of the molecule is CC(C)(C(=O)C(=O)O)c1cccs1. The van der Waals surface area contributed by atoms with E-state index in [0.29, 0.717) is 0 Å². The first-order chi connectivity index (χ1) is 5.96. The van der Waals surface area contributed by atoms with Crippen molar-refractivity contribution in [1.82, 2.24) is 0 Å². The summed E-state index contributed by atoms with van der Waals surface area (Å²) < 4.78 is 0. The van der Waals surface area contributed by atoms with Gasteiger partial charge < -0.3 is 5.11 Å². The van der Waals surface area contributed by atoms with Gasteiger partial charge in [-0.2, -0.15) is 0 Å². The molecule has 0 amide bonds. The minimum atomic E-state index is -1.38. The summed E-state index contributed by atoms with van der Waals surface area (Å²) in [4.78, 5) is 22.5. The smallest absolute Gasteiger partial charge is 0.373 e. The molecule has 1 N–H and O–H groups in total. The van der Waals surface area contributed by atoms with Gasteiger partial charge >= 0.3 is 5.97 Å². The molecule has 70 valence electrons. The zero-order chi connectivity index (χ0) is 10.1. The van der Waals surface area contributed by atoms with Gasteiger partial charge in [0.2, 0.25) is 0 Å². The normalized spacial score (nSPS) is 11.2. The van der Waals surface area contributed by atoms with Crippen LogP contribution in [0.5, 0.6) is 0 Å². The van der Waals surface area contributed by atoms with Crippen LogP contribution in [0.15, 0.2) is 17.5 Å². The van der Waals surface area contributed by atoms with Gasteiger partial charge in [-0.3, -0.25) is 4.79 Å². The first kappa shape index (κ1) is 9.92. The number of hydrogen-bond donors (Lipinski definition) is 1. The van der Waals surface area contributed by atoms with Gasteiger partial charge in [0.25, 0.3) is 5.78 Å². The van der Waals surface area contributed by atoms with Crippen molar-refractivity contribution in [2.24, 2.45) is 0 Å². The first-order valence-electron chi connectivity index (χ1n) is 3.78. The summed E-state index contributed by atoms with van der Waals surface area (Å²) in [5.41, 5.74) is -0.917. The Balaban J connectivity index is 3.02. The van der Waals surface area contributed by atoms with Crippen LogP contribution in [-0.2, 0) is 15.0 Å². The van der Waals surface area contributed by atoms with Gasteiger partial charge in [0, 0.05) is 4.88 Å². The molecular weight excluding hydrogens is 188 g/mol. The number of ketones is 1. The van der Waals surface area contributed by atoms with Crippen molar-refractivity contribution in [1.29, 1.82) is 0 Å². The van der Waals surface area contributed by atoms with Crippen LogP contribution < -0.4 is 0 Å². The maximum Gasteiger partial charge on any atom is 0.373 e. The molecule has 1 aromatic heterocycles. The number of carboxylic acid groups (broad SMARTS) is 1. The fourth-order valence-corrected chi connectivity index (χ4v) is 1.86. The molecule has 0 spiro atoms. The standard InChI is InChI=1S/C9H10O3S/c1-9(2,7(10)8(11)12)6-4-3-5-13-6/h3-5H,1-2H3,(H,11,12). The maximum absolute atomic E-state index is 11.3. The highest BCUT2D eigenvalue weighted by Crippen LogP contribution is 2.28. The van der Waals surface area contributed by atoms with Crippen LogP contribution in [0.4, 0.5) is 0 Å². The Bertz CT molecular complexity index is 325. The van der Waals surface area contributed by atoms with Crippen LogP contribution in [-0.4, -0.2) is 16.9 Å².